The molecule has 2 aliphatic rings. The van der Waals surface area contributed by atoms with E-state index in [-0.39, 0.29) is 5.41 Å². The van der Waals surface area contributed by atoms with E-state index in [2.05, 4.69) is 242 Å². The van der Waals surface area contributed by atoms with Gasteiger partial charge in [-0.1, -0.05) is 166 Å². The van der Waals surface area contributed by atoms with E-state index in [1.807, 2.05) is 0 Å². The highest BCUT2D eigenvalue weighted by Gasteiger charge is 2.37. The van der Waals surface area contributed by atoms with Crippen molar-refractivity contribution in [3.63, 3.8) is 0 Å². The Kier molecular flexibility index (Phi) is 9.01. The first-order chi connectivity index (χ1) is 30.0. The van der Waals surface area contributed by atoms with Gasteiger partial charge in [0.2, 0.25) is 0 Å². The molecule has 9 aromatic rings. The van der Waals surface area contributed by atoms with Crippen molar-refractivity contribution in [2.45, 2.75) is 32.1 Å². The Bertz CT molecular complexity index is 3170. The van der Waals surface area contributed by atoms with Crippen LogP contribution in [0.15, 0.2) is 224 Å². The van der Waals surface area contributed by atoms with Crippen molar-refractivity contribution in [2.24, 2.45) is 0 Å². The zero-order valence-corrected chi connectivity index (χ0v) is 34.6. The molecular formula is C59H46N2. The van der Waals surface area contributed by atoms with E-state index in [1.54, 1.807) is 0 Å². The zero-order valence-electron chi connectivity index (χ0n) is 34.6. The minimum Gasteiger partial charge on any atom is -0.310 e. The average Bonchev–Trinajstić information content (AvgIpc) is 3.55. The maximum atomic E-state index is 2.51. The van der Waals surface area contributed by atoms with Crippen LogP contribution in [0.1, 0.15) is 43.4 Å². The topological polar surface area (TPSA) is 6.48 Å². The van der Waals surface area contributed by atoms with E-state index in [0.717, 1.165) is 52.5 Å². The maximum absolute atomic E-state index is 2.51. The fourth-order valence-electron chi connectivity index (χ4n) is 9.90. The third-order valence-corrected chi connectivity index (χ3v) is 12.9. The highest BCUT2D eigenvalue weighted by Crippen LogP contribution is 2.52. The molecule has 2 nitrogen and oxygen atoms in total. The van der Waals surface area contributed by atoms with Gasteiger partial charge in [-0.25, -0.2) is 0 Å². The van der Waals surface area contributed by atoms with Crippen LogP contribution in [-0.4, -0.2) is 0 Å². The van der Waals surface area contributed by atoms with Gasteiger partial charge >= 0.3 is 0 Å². The molecule has 0 saturated heterocycles. The minimum atomic E-state index is -0.0232. The summed E-state index contributed by atoms with van der Waals surface area (Å²) in [6, 6.07) is 77.7. The first-order valence-electron chi connectivity index (χ1n) is 21.5. The number of para-hydroxylation sites is 2. The van der Waals surface area contributed by atoms with Crippen LogP contribution in [0.3, 0.4) is 0 Å². The molecule has 0 heterocycles. The van der Waals surface area contributed by atoms with Crippen molar-refractivity contribution < 1.29 is 0 Å². The molecule has 11 rings (SSSR count). The van der Waals surface area contributed by atoms with E-state index in [4.69, 9.17) is 0 Å². The molecule has 0 atom stereocenters. The number of allylic oxidation sites excluding steroid dienone is 4. The molecule has 0 unspecified atom stereocenters. The summed E-state index contributed by atoms with van der Waals surface area (Å²) in [5, 5.41) is 4.84. The molecule has 0 aliphatic heterocycles. The third kappa shape index (κ3) is 6.53. The summed E-state index contributed by atoms with van der Waals surface area (Å²) in [5.74, 6) is 0. The zero-order chi connectivity index (χ0) is 40.9. The molecule has 61 heavy (non-hydrogen) atoms. The quantitative estimate of drug-likeness (QED) is 0.151. The second-order valence-corrected chi connectivity index (χ2v) is 16.9. The molecule has 292 valence electrons. The summed E-state index contributed by atoms with van der Waals surface area (Å²) in [6.07, 6.45) is 4.58. The van der Waals surface area contributed by atoms with E-state index in [0.29, 0.717) is 0 Å². The van der Waals surface area contributed by atoms with E-state index >= 15 is 0 Å². The average molecular weight is 783 g/mol. The lowest BCUT2D eigenvalue weighted by Gasteiger charge is -2.31. The molecule has 2 heteroatoms. The molecule has 0 N–H and O–H groups in total. The third-order valence-electron chi connectivity index (χ3n) is 12.9. The van der Waals surface area contributed by atoms with Crippen LogP contribution < -0.4 is 9.80 Å². The first-order valence-corrected chi connectivity index (χ1v) is 21.5. The van der Waals surface area contributed by atoms with E-state index in [1.165, 1.54) is 60.5 Å². The molecule has 0 amide bonds. The molecule has 0 spiro atoms. The van der Waals surface area contributed by atoms with Gasteiger partial charge < -0.3 is 9.80 Å². The maximum Gasteiger partial charge on any atom is 0.0540 e. The Labute approximate surface area is 359 Å². The number of benzene rings is 9. The molecule has 0 fully saturated rings. The number of hydrogen-bond acceptors (Lipinski definition) is 2. The van der Waals surface area contributed by atoms with Gasteiger partial charge in [0.25, 0.3) is 0 Å². The predicted octanol–water partition coefficient (Wildman–Crippen LogP) is 16.5. The second-order valence-electron chi connectivity index (χ2n) is 16.9. The number of fused-ring (bicyclic) bond motifs is 4. The molecule has 0 radical (unpaired) electrons. The van der Waals surface area contributed by atoms with Crippen LogP contribution in [-0.2, 0) is 5.41 Å². The summed E-state index contributed by atoms with van der Waals surface area (Å²) in [4.78, 5) is 4.84. The first kappa shape index (κ1) is 36.6. The minimum absolute atomic E-state index is 0.0232. The Balaban J connectivity index is 1.12. The number of anilines is 6. The lowest BCUT2D eigenvalue weighted by Crippen LogP contribution is -2.17. The van der Waals surface area contributed by atoms with Crippen LogP contribution in [0, 0.1) is 0 Å². The van der Waals surface area contributed by atoms with Crippen LogP contribution in [0.2, 0.25) is 0 Å². The molecule has 0 saturated carbocycles. The molecular weight excluding hydrogens is 737 g/mol. The molecule has 0 aromatic heterocycles. The number of rotatable bonds is 8. The normalized spacial score (nSPS) is 14.1. The fraction of sp³-hybridized carbons (Fsp3) is 0.0847. The van der Waals surface area contributed by atoms with Gasteiger partial charge in [0.15, 0.2) is 0 Å². The molecule has 0 bridgehead atoms. The van der Waals surface area contributed by atoms with Crippen molar-refractivity contribution >= 4 is 66.8 Å². The monoisotopic (exact) mass is 782 g/mol. The summed E-state index contributed by atoms with van der Waals surface area (Å²) in [7, 11) is 0. The van der Waals surface area contributed by atoms with Crippen LogP contribution in [0.5, 0.6) is 0 Å². The van der Waals surface area contributed by atoms with Gasteiger partial charge in [0.05, 0.1) is 5.69 Å². The fourth-order valence-corrected chi connectivity index (χ4v) is 9.90. The van der Waals surface area contributed by atoms with Crippen LogP contribution in [0.4, 0.5) is 34.1 Å². The van der Waals surface area contributed by atoms with Gasteiger partial charge in [0.1, 0.15) is 0 Å². The van der Waals surface area contributed by atoms with E-state index < -0.39 is 0 Å². The summed E-state index contributed by atoms with van der Waals surface area (Å²) in [5.41, 5.74) is 17.5. The van der Waals surface area contributed by atoms with Crippen molar-refractivity contribution in [3.05, 3.63) is 241 Å². The van der Waals surface area contributed by atoms with Gasteiger partial charge in [-0.05, 0) is 140 Å². The van der Waals surface area contributed by atoms with Crippen molar-refractivity contribution in [3.8, 4) is 11.1 Å². The largest absolute Gasteiger partial charge is 0.310 e. The Morgan fingerprint density at radius 3 is 1.82 bits per heavy atom. The Hall–Kier alpha value is -7.42. The lowest BCUT2D eigenvalue weighted by molar-refractivity contribution is 0.652. The second kappa shape index (κ2) is 15.0. The highest BCUT2D eigenvalue weighted by molar-refractivity contribution is 6.00. The van der Waals surface area contributed by atoms with Gasteiger partial charge in [0, 0.05) is 39.2 Å². The lowest BCUT2D eigenvalue weighted by atomic mass is 9.78. The Morgan fingerprint density at radius 1 is 0.393 bits per heavy atom. The summed E-state index contributed by atoms with van der Waals surface area (Å²) < 4.78 is 0. The summed E-state index contributed by atoms with van der Waals surface area (Å²) >= 11 is 0. The molecule has 2 aliphatic carbocycles. The number of nitrogens with zero attached hydrogens (tertiary/aromatic N) is 2. The van der Waals surface area contributed by atoms with Gasteiger partial charge in [-0.2, -0.15) is 0 Å². The van der Waals surface area contributed by atoms with Gasteiger partial charge in [-0.3, -0.25) is 0 Å². The van der Waals surface area contributed by atoms with Gasteiger partial charge in [-0.15, -0.1) is 0 Å². The predicted molar refractivity (Wildman–Crippen MR) is 260 cm³/mol. The Morgan fingerprint density at radius 2 is 1.02 bits per heavy atom. The number of hydrogen-bond donors (Lipinski definition) is 0. The highest BCUT2D eigenvalue weighted by atomic mass is 15.2. The standard InChI is InChI=1S/C59H46N2/c1-59(2)56-29-14-13-28-54(56)55-34-32-46(39-57(55)59)43-21-15-22-44(35-43)47-37-51(60(48-23-5-3-6-24-48)50-33-31-41-17-9-10-19-45(41)36-50)40-52(38-47)61(49-25-7-4-8-26-49)58-30-16-20-42-18-11-12-27-53(42)58/h3-31,33,35-40H,32,34H2,1-2H3. The van der Waals surface area contributed by atoms with Crippen LogP contribution in [0.25, 0.3) is 43.8 Å². The molecule has 9 aromatic carbocycles. The van der Waals surface area contributed by atoms with Crippen molar-refractivity contribution in [1.29, 1.82) is 0 Å². The van der Waals surface area contributed by atoms with Crippen molar-refractivity contribution in [2.75, 3.05) is 9.80 Å². The van der Waals surface area contributed by atoms with E-state index in [9.17, 15) is 0 Å². The SMILES string of the molecule is CC1(C)C2=C(CCC(c3cccc(-c4cc(N(c5ccccc5)c5ccc6ccccc6c5)cc(N(c5ccccc5)c5cccc6ccccc56)c4)c3)=C2)c2ccccc21. The summed E-state index contributed by atoms with van der Waals surface area (Å²) in [6.45, 7) is 4.78. The smallest absolute Gasteiger partial charge is 0.0540 e. The van der Waals surface area contributed by atoms with Crippen LogP contribution >= 0.6 is 0 Å². The van der Waals surface area contributed by atoms with Crippen molar-refractivity contribution in [1.82, 2.24) is 0 Å².